The summed E-state index contributed by atoms with van der Waals surface area (Å²) in [5.74, 6) is 0.804. The number of ether oxygens (including phenoxy) is 1. The molecular weight excluding hydrogens is 604 g/mol. The number of aromatic nitrogens is 2. The number of hydrogen-bond donors (Lipinski definition) is 4. The first-order valence-corrected chi connectivity index (χ1v) is 15.0. The molecule has 0 bridgehead atoms. The van der Waals surface area contributed by atoms with Crippen molar-refractivity contribution in [1.29, 1.82) is 0 Å². The van der Waals surface area contributed by atoms with Gasteiger partial charge in [-0.3, -0.25) is 4.79 Å². The van der Waals surface area contributed by atoms with Crippen molar-refractivity contribution in [3.05, 3.63) is 81.5 Å². The highest BCUT2D eigenvalue weighted by atomic mass is 79.9. The molecule has 1 aliphatic rings. The predicted octanol–water partition coefficient (Wildman–Crippen LogP) is 4.38. The lowest BCUT2D eigenvalue weighted by molar-refractivity contribution is 0.0932. The van der Waals surface area contributed by atoms with Gasteiger partial charge in [0.05, 0.1) is 17.1 Å². The van der Waals surface area contributed by atoms with Gasteiger partial charge in [-0.25, -0.2) is 18.6 Å². The average Bonchev–Trinajstić information content (AvgIpc) is 2.97. The number of anilines is 1. The van der Waals surface area contributed by atoms with Crippen molar-refractivity contribution < 1.29 is 13.7 Å². The van der Waals surface area contributed by atoms with E-state index >= 15 is 0 Å². The SMILES string of the molecule is COc1ccccc1C(=O)NCC1(c2ccccc2)CCC(NS(=O)NCCNc2ncc(Br)c(Cl)n2)CC1. The first kappa shape index (κ1) is 29.4. The summed E-state index contributed by atoms with van der Waals surface area (Å²) in [6, 6.07) is 17.6. The van der Waals surface area contributed by atoms with E-state index in [1.807, 2.05) is 30.3 Å². The molecule has 1 fully saturated rings. The van der Waals surface area contributed by atoms with Crippen molar-refractivity contribution in [2.75, 3.05) is 32.1 Å². The predicted molar refractivity (Wildman–Crippen MR) is 158 cm³/mol. The average molecular weight is 636 g/mol. The van der Waals surface area contributed by atoms with Crippen LogP contribution in [0.3, 0.4) is 0 Å². The Morgan fingerprint density at radius 2 is 1.85 bits per heavy atom. The van der Waals surface area contributed by atoms with Crippen molar-refractivity contribution in [2.24, 2.45) is 0 Å². The summed E-state index contributed by atoms with van der Waals surface area (Å²) < 4.78 is 24.8. The minimum absolute atomic E-state index is 0.0988. The Morgan fingerprint density at radius 3 is 2.56 bits per heavy atom. The summed E-state index contributed by atoms with van der Waals surface area (Å²) in [6.45, 7) is 1.45. The van der Waals surface area contributed by atoms with Gasteiger partial charge in [-0.05, 0) is 59.3 Å². The van der Waals surface area contributed by atoms with E-state index in [4.69, 9.17) is 16.3 Å². The molecule has 1 heterocycles. The molecule has 1 saturated carbocycles. The summed E-state index contributed by atoms with van der Waals surface area (Å²) in [7, 11) is 1.56. The molecule has 0 spiro atoms. The number of nitrogens with one attached hydrogen (secondary N) is 4. The highest BCUT2D eigenvalue weighted by molar-refractivity contribution is 9.10. The molecule has 4 rings (SSSR count). The molecule has 3 aromatic rings. The van der Waals surface area contributed by atoms with Gasteiger partial charge in [0, 0.05) is 37.3 Å². The van der Waals surface area contributed by atoms with Gasteiger partial charge < -0.3 is 15.4 Å². The molecule has 12 heteroatoms. The number of carbonyl (C=O) groups is 1. The minimum atomic E-state index is -1.39. The summed E-state index contributed by atoms with van der Waals surface area (Å²) >= 11 is 7.85. The quantitative estimate of drug-likeness (QED) is 0.173. The number of nitrogens with zero attached hydrogens (tertiary/aromatic N) is 2. The largest absolute Gasteiger partial charge is 0.496 e. The molecule has 0 saturated heterocycles. The first-order valence-electron chi connectivity index (χ1n) is 12.7. The van der Waals surface area contributed by atoms with Crippen molar-refractivity contribution in [1.82, 2.24) is 24.7 Å². The van der Waals surface area contributed by atoms with Crippen LogP contribution in [0.4, 0.5) is 5.95 Å². The fraction of sp³-hybridized carbons (Fsp3) is 0.370. The number of carbonyl (C=O) groups excluding carboxylic acids is 1. The van der Waals surface area contributed by atoms with Gasteiger partial charge >= 0.3 is 0 Å². The van der Waals surface area contributed by atoms with Gasteiger partial charge in [-0.1, -0.05) is 54.1 Å². The monoisotopic (exact) mass is 634 g/mol. The molecular formula is C27H32BrClN6O3S. The third-order valence-electron chi connectivity index (χ3n) is 6.88. The molecule has 0 radical (unpaired) electrons. The minimum Gasteiger partial charge on any atom is -0.496 e. The molecule has 1 unspecified atom stereocenters. The Bertz CT molecular complexity index is 1280. The fourth-order valence-electron chi connectivity index (χ4n) is 4.77. The molecule has 4 N–H and O–H groups in total. The van der Waals surface area contributed by atoms with Crippen LogP contribution >= 0.6 is 27.5 Å². The highest BCUT2D eigenvalue weighted by Gasteiger charge is 2.37. The number of para-hydroxylation sites is 1. The maximum absolute atomic E-state index is 13.0. The Hall–Kier alpha value is -2.57. The van der Waals surface area contributed by atoms with Crippen LogP contribution in [0.25, 0.3) is 0 Å². The van der Waals surface area contributed by atoms with Crippen LogP contribution in [0.5, 0.6) is 5.75 Å². The van der Waals surface area contributed by atoms with Crippen molar-refractivity contribution in [3.63, 3.8) is 0 Å². The van der Waals surface area contributed by atoms with Crippen molar-refractivity contribution in [2.45, 2.75) is 37.1 Å². The molecule has 208 valence electrons. The molecule has 0 aliphatic heterocycles. The van der Waals surface area contributed by atoms with Crippen LogP contribution in [0.2, 0.25) is 5.15 Å². The number of methoxy groups -OCH3 is 1. The second-order valence-corrected chi connectivity index (χ2v) is 11.6. The number of hydrogen-bond acceptors (Lipinski definition) is 6. The summed E-state index contributed by atoms with van der Waals surface area (Å²) in [5.41, 5.74) is 1.51. The molecule has 9 nitrogen and oxygen atoms in total. The van der Waals surface area contributed by atoms with E-state index in [9.17, 15) is 9.00 Å². The zero-order valence-electron chi connectivity index (χ0n) is 21.6. The smallest absolute Gasteiger partial charge is 0.255 e. The first-order chi connectivity index (χ1) is 18.9. The summed E-state index contributed by atoms with van der Waals surface area (Å²) in [6.07, 6.45) is 4.93. The molecule has 1 amide bonds. The van der Waals surface area contributed by atoms with Gasteiger partial charge in [-0.15, -0.1) is 0 Å². The molecule has 1 atom stereocenters. The van der Waals surface area contributed by atoms with Crippen molar-refractivity contribution >= 4 is 50.6 Å². The molecule has 2 aromatic carbocycles. The van der Waals surface area contributed by atoms with Crippen LogP contribution in [-0.2, 0) is 16.6 Å². The van der Waals surface area contributed by atoms with Gasteiger partial charge in [-0.2, -0.15) is 4.98 Å². The zero-order chi connectivity index (χ0) is 27.7. The maximum Gasteiger partial charge on any atom is 0.255 e. The van der Waals surface area contributed by atoms with Gasteiger partial charge in [0.25, 0.3) is 5.91 Å². The van der Waals surface area contributed by atoms with Crippen LogP contribution < -0.4 is 24.8 Å². The third kappa shape index (κ3) is 7.98. The van der Waals surface area contributed by atoms with Crippen LogP contribution in [0.15, 0.2) is 65.3 Å². The normalized spacial score (nSPS) is 19.7. The number of halogens is 2. The number of benzene rings is 2. The van der Waals surface area contributed by atoms with Gasteiger partial charge in [0.2, 0.25) is 5.95 Å². The molecule has 1 aliphatic carbocycles. The Balaban J connectivity index is 1.29. The lowest BCUT2D eigenvalue weighted by atomic mass is 9.68. The Morgan fingerprint density at radius 1 is 1.13 bits per heavy atom. The lowest BCUT2D eigenvalue weighted by Crippen LogP contribution is -2.48. The van der Waals surface area contributed by atoms with E-state index in [0.29, 0.717) is 46.5 Å². The zero-order valence-corrected chi connectivity index (χ0v) is 24.7. The summed E-state index contributed by atoms with van der Waals surface area (Å²) in [4.78, 5) is 21.3. The second-order valence-electron chi connectivity index (χ2n) is 9.34. The van der Waals surface area contributed by atoms with E-state index in [1.165, 1.54) is 5.56 Å². The summed E-state index contributed by atoms with van der Waals surface area (Å²) in [5, 5.41) is 6.53. The Labute approximate surface area is 244 Å². The number of amides is 1. The fourth-order valence-corrected chi connectivity index (χ4v) is 6.00. The topological polar surface area (TPSA) is 117 Å². The second kappa shape index (κ2) is 14.2. The maximum atomic E-state index is 13.0. The van der Waals surface area contributed by atoms with E-state index in [2.05, 4.69) is 58.1 Å². The Kier molecular flexibility index (Phi) is 10.7. The van der Waals surface area contributed by atoms with Crippen molar-refractivity contribution in [3.8, 4) is 5.75 Å². The van der Waals surface area contributed by atoms with E-state index < -0.39 is 11.2 Å². The molecule has 39 heavy (non-hydrogen) atoms. The van der Waals surface area contributed by atoms with Crippen LogP contribution in [0, 0.1) is 0 Å². The lowest BCUT2D eigenvalue weighted by Gasteiger charge is -2.41. The van der Waals surface area contributed by atoms with E-state index in [1.54, 1.807) is 25.4 Å². The molecule has 1 aromatic heterocycles. The van der Waals surface area contributed by atoms with Crippen LogP contribution in [-0.4, -0.2) is 52.9 Å². The number of rotatable bonds is 12. The van der Waals surface area contributed by atoms with Gasteiger partial charge in [0.15, 0.2) is 11.2 Å². The van der Waals surface area contributed by atoms with Gasteiger partial charge in [0.1, 0.15) is 10.9 Å². The highest BCUT2D eigenvalue weighted by Crippen LogP contribution is 2.39. The van der Waals surface area contributed by atoms with E-state index in [-0.39, 0.29) is 17.4 Å². The van der Waals surface area contributed by atoms with E-state index in [0.717, 1.165) is 25.7 Å². The third-order valence-corrected chi connectivity index (χ3v) is 8.99. The standard InChI is InChI=1S/C27H32BrClN6O3S/c1-38-23-10-6-5-9-21(23)25(36)32-18-27(19-7-3-2-4-8-19)13-11-20(12-14-27)35-39(37)33-16-15-30-26-31-17-22(28)24(29)34-26/h2-10,17,20,33,35H,11-16,18H2,1H3,(H,32,36)(H,30,31,34). The van der Waals surface area contributed by atoms with Crippen LogP contribution in [0.1, 0.15) is 41.6 Å².